The third kappa shape index (κ3) is 5.46. The van der Waals surface area contributed by atoms with Crippen molar-refractivity contribution in [2.24, 2.45) is 0 Å². The van der Waals surface area contributed by atoms with Crippen molar-refractivity contribution < 1.29 is 19.4 Å². The van der Waals surface area contributed by atoms with Gasteiger partial charge in [-0.15, -0.1) is 0 Å². The summed E-state index contributed by atoms with van der Waals surface area (Å²) in [7, 11) is 0. The first-order chi connectivity index (χ1) is 9.06. The number of ether oxygens (including phenoxy) is 1. The lowest BCUT2D eigenvalue weighted by Gasteiger charge is -2.33. The van der Waals surface area contributed by atoms with E-state index in [4.69, 9.17) is 9.84 Å². The number of urea groups is 1. The molecule has 0 radical (unpaired) electrons. The molecule has 6 heteroatoms. The monoisotopic (exact) mass is 272 g/mol. The molecule has 1 fully saturated rings. The maximum absolute atomic E-state index is 12.1. The second-order valence-corrected chi connectivity index (χ2v) is 4.88. The number of morpholine rings is 1. The Morgan fingerprint density at radius 1 is 1.47 bits per heavy atom. The largest absolute Gasteiger partial charge is 0.481 e. The molecule has 0 aliphatic carbocycles. The third-order valence-electron chi connectivity index (χ3n) is 3.29. The number of nitrogens with one attached hydrogen (secondary N) is 1. The van der Waals surface area contributed by atoms with E-state index in [9.17, 15) is 9.59 Å². The Hall–Kier alpha value is -1.30. The maximum Gasteiger partial charge on any atom is 0.317 e. The van der Waals surface area contributed by atoms with Crippen molar-refractivity contribution in [3.8, 4) is 0 Å². The van der Waals surface area contributed by atoms with E-state index >= 15 is 0 Å². The Morgan fingerprint density at radius 3 is 2.79 bits per heavy atom. The summed E-state index contributed by atoms with van der Waals surface area (Å²) in [6.45, 7) is 5.40. The van der Waals surface area contributed by atoms with Gasteiger partial charge in [0.2, 0.25) is 0 Å². The van der Waals surface area contributed by atoms with E-state index in [-0.39, 0.29) is 18.5 Å². The van der Waals surface area contributed by atoms with Crippen molar-refractivity contribution in [2.45, 2.75) is 51.7 Å². The highest BCUT2D eigenvalue weighted by molar-refractivity contribution is 5.75. The number of carboxylic acid groups (broad SMARTS) is 1. The van der Waals surface area contributed by atoms with Crippen LogP contribution in [0.1, 0.15) is 39.5 Å². The SMILES string of the molecule is CCCC(CC)NC(=O)N1CCOC(CC(=O)O)C1. The minimum absolute atomic E-state index is 0.0596. The van der Waals surface area contributed by atoms with Gasteiger partial charge in [-0.25, -0.2) is 4.79 Å². The predicted octanol–water partition coefficient (Wildman–Crippen LogP) is 1.45. The van der Waals surface area contributed by atoms with E-state index in [1.807, 2.05) is 6.92 Å². The summed E-state index contributed by atoms with van der Waals surface area (Å²) < 4.78 is 5.35. The van der Waals surface area contributed by atoms with Crippen LogP contribution in [-0.4, -0.2) is 53.8 Å². The predicted molar refractivity (Wildman–Crippen MR) is 71.1 cm³/mol. The van der Waals surface area contributed by atoms with Crippen LogP contribution in [0.15, 0.2) is 0 Å². The molecule has 0 aromatic carbocycles. The Labute approximate surface area is 114 Å². The first-order valence-electron chi connectivity index (χ1n) is 6.95. The lowest BCUT2D eigenvalue weighted by atomic mass is 10.1. The van der Waals surface area contributed by atoms with Crippen molar-refractivity contribution in [1.29, 1.82) is 0 Å². The van der Waals surface area contributed by atoms with Gasteiger partial charge in [-0.05, 0) is 12.8 Å². The number of aliphatic carboxylic acids is 1. The molecule has 2 N–H and O–H groups in total. The van der Waals surface area contributed by atoms with E-state index in [2.05, 4.69) is 12.2 Å². The van der Waals surface area contributed by atoms with Crippen molar-refractivity contribution in [3.63, 3.8) is 0 Å². The molecule has 1 aliphatic rings. The Bertz CT molecular complexity index is 309. The highest BCUT2D eigenvalue weighted by Crippen LogP contribution is 2.10. The van der Waals surface area contributed by atoms with Crippen LogP contribution in [0.25, 0.3) is 0 Å². The Morgan fingerprint density at radius 2 is 2.21 bits per heavy atom. The van der Waals surface area contributed by atoms with Gasteiger partial charge >= 0.3 is 12.0 Å². The molecule has 2 amide bonds. The van der Waals surface area contributed by atoms with Gasteiger partial charge in [0, 0.05) is 19.1 Å². The quantitative estimate of drug-likeness (QED) is 0.767. The molecule has 0 bridgehead atoms. The number of carbonyl (C=O) groups is 2. The molecule has 0 aromatic heterocycles. The molecule has 0 spiro atoms. The molecule has 2 unspecified atom stereocenters. The first kappa shape index (κ1) is 15.8. The minimum Gasteiger partial charge on any atom is -0.481 e. The summed E-state index contributed by atoms with van der Waals surface area (Å²) in [5.74, 6) is -0.898. The maximum atomic E-state index is 12.1. The van der Waals surface area contributed by atoms with E-state index < -0.39 is 12.1 Å². The van der Waals surface area contributed by atoms with E-state index in [0.717, 1.165) is 19.3 Å². The molecule has 1 saturated heterocycles. The Kier molecular flexibility index (Phi) is 6.62. The lowest BCUT2D eigenvalue weighted by molar-refractivity contribution is -0.141. The average Bonchev–Trinajstić information content (AvgIpc) is 2.37. The molecule has 0 aromatic rings. The van der Waals surface area contributed by atoms with Gasteiger partial charge in [0.25, 0.3) is 0 Å². The van der Waals surface area contributed by atoms with Crippen molar-refractivity contribution in [2.75, 3.05) is 19.7 Å². The van der Waals surface area contributed by atoms with Gasteiger partial charge in [-0.1, -0.05) is 20.3 Å². The molecule has 2 atom stereocenters. The highest BCUT2D eigenvalue weighted by Gasteiger charge is 2.26. The van der Waals surface area contributed by atoms with Gasteiger partial charge < -0.3 is 20.1 Å². The van der Waals surface area contributed by atoms with E-state index in [1.54, 1.807) is 4.90 Å². The summed E-state index contributed by atoms with van der Waals surface area (Å²) in [5.41, 5.74) is 0. The number of hydrogen-bond donors (Lipinski definition) is 2. The summed E-state index contributed by atoms with van der Waals surface area (Å²) in [4.78, 5) is 24.4. The molecule has 110 valence electrons. The molecular weight excluding hydrogens is 248 g/mol. The summed E-state index contributed by atoms with van der Waals surface area (Å²) in [5, 5.41) is 11.7. The zero-order valence-corrected chi connectivity index (χ0v) is 11.7. The highest BCUT2D eigenvalue weighted by atomic mass is 16.5. The normalized spacial score (nSPS) is 20.9. The van der Waals surface area contributed by atoms with Gasteiger partial charge in [0.1, 0.15) is 0 Å². The van der Waals surface area contributed by atoms with Crippen LogP contribution in [0.2, 0.25) is 0 Å². The second kappa shape index (κ2) is 7.99. The zero-order chi connectivity index (χ0) is 14.3. The summed E-state index contributed by atoms with van der Waals surface area (Å²) >= 11 is 0. The van der Waals surface area contributed by atoms with Gasteiger partial charge in [-0.2, -0.15) is 0 Å². The van der Waals surface area contributed by atoms with Crippen LogP contribution in [0.3, 0.4) is 0 Å². The topological polar surface area (TPSA) is 78.9 Å². The Balaban J connectivity index is 2.44. The smallest absolute Gasteiger partial charge is 0.317 e. The van der Waals surface area contributed by atoms with Crippen molar-refractivity contribution in [1.82, 2.24) is 10.2 Å². The van der Waals surface area contributed by atoms with Gasteiger partial charge in [0.05, 0.1) is 19.1 Å². The molecule has 1 aliphatic heterocycles. The van der Waals surface area contributed by atoms with Gasteiger partial charge in [-0.3, -0.25) is 4.79 Å². The average molecular weight is 272 g/mol. The van der Waals surface area contributed by atoms with Crippen LogP contribution >= 0.6 is 0 Å². The second-order valence-electron chi connectivity index (χ2n) is 4.88. The number of rotatable bonds is 6. The molecule has 19 heavy (non-hydrogen) atoms. The molecule has 1 rings (SSSR count). The van der Waals surface area contributed by atoms with Crippen LogP contribution in [-0.2, 0) is 9.53 Å². The zero-order valence-electron chi connectivity index (χ0n) is 11.7. The van der Waals surface area contributed by atoms with Crippen molar-refractivity contribution >= 4 is 12.0 Å². The number of nitrogens with zero attached hydrogens (tertiary/aromatic N) is 1. The fourth-order valence-corrected chi connectivity index (χ4v) is 2.21. The van der Waals surface area contributed by atoms with Gasteiger partial charge in [0.15, 0.2) is 0 Å². The fraction of sp³-hybridized carbons (Fsp3) is 0.846. The fourth-order valence-electron chi connectivity index (χ4n) is 2.21. The van der Waals surface area contributed by atoms with Crippen LogP contribution in [0.4, 0.5) is 4.79 Å². The number of carbonyl (C=O) groups excluding carboxylic acids is 1. The third-order valence-corrected chi connectivity index (χ3v) is 3.29. The minimum atomic E-state index is -0.898. The van der Waals surface area contributed by atoms with Crippen molar-refractivity contribution in [3.05, 3.63) is 0 Å². The van der Waals surface area contributed by atoms with E-state index in [0.29, 0.717) is 19.7 Å². The molecular formula is C13H24N2O4. The van der Waals surface area contributed by atoms with Crippen LogP contribution < -0.4 is 5.32 Å². The molecule has 1 heterocycles. The summed E-state index contributed by atoms with van der Waals surface area (Å²) in [6, 6.07) is 0.0808. The number of amides is 2. The number of hydrogen-bond acceptors (Lipinski definition) is 3. The number of carboxylic acids is 1. The van der Waals surface area contributed by atoms with Crippen LogP contribution in [0.5, 0.6) is 0 Å². The molecule has 6 nitrogen and oxygen atoms in total. The summed E-state index contributed by atoms with van der Waals surface area (Å²) in [6.07, 6.45) is 2.44. The standard InChI is InChI=1S/C13H24N2O4/c1-3-5-10(4-2)14-13(18)15-6-7-19-11(9-15)8-12(16)17/h10-11H,3-9H2,1-2H3,(H,14,18)(H,16,17). The lowest BCUT2D eigenvalue weighted by Crippen LogP contribution is -2.52. The van der Waals surface area contributed by atoms with E-state index in [1.165, 1.54) is 0 Å². The molecule has 0 saturated carbocycles. The van der Waals surface area contributed by atoms with Crippen LogP contribution in [0, 0.1) is 0 Å². The first-order valence-corrected chi connectivity index (χ1v) is 6.95.